The normalized spacial score (nSPS) is 12.7. The first-order valence-electron chi connectivity index (χ1n) is 6.09. The van der Waals surface area contributed by atoms with Crippen LogP contribution in [-0.2, 0) is 13.2 Å². The van der Waals surface area contributed by atoms with Crippen LogP contribution < -0.4 is 10.1 Å². The summed E-state index contributed by atoms with van der Waals surface area (Å²) < 4.78 is 6.57. The zero-order valence-electron chi connectivity index (χ0n) is 10.3. The average Bonchev–Trinajstić information content (AvgIpc) is 2.46. The number of benzene rings is 1. The van der Waals surface area contributed by atoms with Gasteiger partial charge in [-0.25, -0.2) is 4.98 Å². The maximum atomic E-state index is 5.83. The van der Waals surface area contributed by atoms with Crippen molar-refractivity contribution in [1.82, 2.24) is 10.3 Å². The lowest BCUT2D eigenvalue weighted by Gasteiger charge is -2.14. The van der Waals surface area contributed by atoms with Gasteiger partial charge in [-0.15, -0.1) is 0 Å². The Hall–Kier alpha value is -1.81. The second-order valence-corrected chi connectivity index (χ2v) is 5.05. The summed E-state index contributed by atoms with van der Waals surface area (Å²) in [7, 11) is 0. The summed E-state index contributed by atoms with van der Waals surface area (Å²) in [5, 5.41) is 3.14. The fourth-order valence-electron chi connectivity index (χ4n) is 1.95. The highest BCUT2D eigenvalue weighted by atomic mass is 79.9. The minimum atomic E-state index is 0.544. The fraction of sp³-hybridized carbons (Fsp3) is 0.133. The van der Waals surface area contributed by atoms with E-state index in [9.17, 15) is 0 Å². The Balaban J connectivity index is 1.80. The molecular weight excluding hydrogens is 304 g/mol. The standard InChI is InChI=1S/C15H13BrN2O/c16-15-14(19-10-11-4-2-1-3-5-11)8-12-6-7-17-9-13(12)18-15/h1-8,17H,9-10H2. The van der Waals surface area contributed by atoms with E-state index < -0.39 is 0 Å². The molecule has 0 radical (unpaired) electrons. The number of fused-ring (bicyclic) bond motifs is 1. The number of aromatic nitrogens is 1. The number of pyridine rings is 1. The highest BCUT2D eigenvalue weighted by molar-refractivity contribution is 9.10. The molecule has 1 aromatic heterocycles. The second kappa shape index (κ2) is 5.45. The van der Waals surface area contributed by atoms with E-state index in [-0.39, 0.29) is 0 Å². The molecule has 0 amide bonds. The van der Waals surface area contributed by atoms with Crippen molar-refractivity contribution in [2.24, 2.45) is 0 Å². The number of ether oxygens (including phenoxy) is 1. The molecule has 0 unspecified atom stereocenters. The summed E-state index contributed by atoms with van der Waals surface area (Å²) in [6.07, 6.45) is 3.94. The van der Waals surface area contributed by atoms with Crippen LogP contribution in [0.4, 0.5) is 0 Å². The van der Waals surface area contributed by atoms with E-state index in [1.807, 2.05) is 48.7 Å². The SMILES string of the molecule is Brc1nc2c(cc1OCc1ccccc1)C=CNC2. The maximum Gasteiger partial charge on any atom is 0.153 e. The first kappa shape index (κ1) is 12.2. The molecule has 4 heteroatoms. The van der Waals surface area contributed by atoms with Gasteiger partial charge in [0, 0.05) is 5.56 Å². The Labute approximate surface area is 120 Å². The molecular formula is C15H13BrN2O. The van der Waals surface area contributed by atoms with Crippen LogP contribution in [0.5, 0.6) is 5.75 Å². The fourth-order valence-corrected chi connectivity index (χ4v) is 2.39. The Morgan fingerprint density at radius 1 is 1.26 bits per heavy atom. The van der Waals surface area contributed by atoms with Gasteiger partial charge < -0.3 is 10.1 Å². The van der Waals surface area contributed by atoms with Crippen molar-refractivity contribution >= 4 is 22.0 Å². The Morgan fingerprint density at radius 2 is 2.11 bits per heavy atom. The molecule has 0 bridgehead atoms. The first-order chi connectivity index (χ1) is 9.33. The van der Waals surface area contributed by atoms with E-state index in [4.69, 9.17) is 4.74 Å². The van der Waals surface area contributed by atoms with Gasteiger partial charge in [0.15, 0.2) is 5.75 Å². The molecule has 3 rings (SSSR count). The molecule has 2 heterocycles. The van der Waals surface area contributed by atoms with Crippen molar-refractivity contribution < 1.29 is 4.74 Å². The number of halogens is 1. The molecule has 3 nitrogen and oxygen atoms in total. The average molecular weight is 317 g/mol. The van der Waals surface area contributed by atoms with Crippen molar-refractivity contribution in [2.45, 2.75) is 13.2 Å². The number of nitrogens with one attached hydrogen (secondary N) is 1. The smallest absolute Gasteiger partial charge is 0.153 e. The van der Waals surface area contributed by atoms with E-state index in [1.165, 1.54) is 0 Å². The molecule has 19 heavy (non-hydrogen) atoms. The Kier molecular flexibility index (Phi) is 3.51. The molecule has 1 aromatic carbocycles. The topological polar surface area (TPSA) is 34.1 Å². The predicted octanol–water partition coefficient (Wildman–Crippen LogP) is 3.50. The second-order valence-electron chi connectivity index (χ2n) is 4.30. The summed E-state index contributed by atoms with van der Waals surface area (Å²) in [6, 6.07) is 12.1. The third-order valence-electron chi connectivity index (χ3n) is 2.94. The molecule has 2 aromatic rings. The van der Waals surface area contributed by atoms with Gasteiger partial charge in [-0.05, 0) is 39.8 Å². The third kappa shape index (κ3) is 2.79. The van der Waals surface area contributed by atoms with Gasteiger partial charge in [-0.3, -0.25) is 0 Å². The molecule has 1 aliphatic rings. The molecule has 0 atom stereocenters. The van der Waals surface area contributed by atoms with Crippen molar-refractivity contribution in [3.8, 4) is 5.75 Å². The van der Waals surface area contributed by atoms with Crippen LogP contribution in [0.1, 0.15) is 16.8 Å². The van der Waals surface area contributed by atoms with Gasteiger partial charge in [-0.2, -0.15) is 0 Å². The van der Waals surface area contributed by atoms with Crippen LogP contribution in [-0.4, -0.2) is 4.98 Å². The molecule has 1 aliphatic heterocycles. The van der Waals surface area contributed by atoms with Crippen LogP contribution in [0.3, 0.4) is 0 Å². The van der Waals surface area contributed by atoms with Gasteiger partial charge >= 0.3 is 0 Å². The van der Waals surface area contributed by atoms with E-state index >= 15 is 0 Å². The van der Waals surface area contributed by atoms with E-state index in [0.717, 1.165) is 33.7 Å². The van der Waals surface area contributed by atoms with E-state index in [1.54, 1.807) is 0 Å². The molecule has 0 spiro atoms. The molecule has 0 saturated carbocycles. The number of nitrogens with zero attached hydrogens (tertiary/aromatic N) is 1. The summed E-state index contributed by atoms with van der Waals surface area (Å²) in [4.78, 5) is 4.50. The molecule has 1 N–H and O–H groups in total. The minimum absolute atomic E-state index is 0.544. The highest BCUT2D eigenvalue weighted by Crippen LogP contribution is 2.28. The first-order valence-corrected chi connectivity index (χ1v) is 6.88. The third-order valence-corrected chi connectivity index (χ3v) is 3.51. The van der Waals surface area contributed by atoms with Gasteiger partial charge in [0.25, 0.3) is 0 Å². The van der Waals surface area contributed by atoms with Gasteiger partial charge in [0.1, 0.15) is 11.2 Å². The molecule has 0 saturated heterocycles. The predicted molar refractivity (Wildman–Crippen MR) is 78.6 cm³/mol. The molecule has 96 valence electrons. The van der Waals surface area contributed by atoms with Crippen LogP contribution in [0.2, 0.25) is 0 Å². The van der Waals surface area contributed by atoms with Crippen LogP contribution in [0.15, 0.2) is 47.2 Å². The number of hydrogen-bond acceptors (Lipinski definition) is 3. The summed E-state index contributed by atoms with van der Waals surface area (Å²) in [5.41, 5.74) is 3.27. The largest absolute Gasteiger partial charge is 0.486 e. The monoisotopic (exact) mass is 316 g/mol. The van der Waals surface area contributed by atoms with Crippen molar-refractivity contribution in [2.75, 3.05) is 0 Å². The lowest BCUT2D eigenvalue weighted by Crippen LogP contribution is -2.12. The summed E-state index contributed by atoms with van der Waals surface area (Å²) in [6.45, 7) is 1.30. The zero-order valence-corrected chi connectivity index (χ0v) is 11.9. The quantitative estimate of drug-likeness (QED) is 0.880. The minimum Gasteiger partial charge on any atom is -0.486 e. The van der Waals surface area contributed by atoms with Gasteiger partial charge in [0.2, 0.25) is 0 Å². The van der Waals surface area contributed by atoms with Crippen LogP contribution >= 0.6 is 15.9 Å². The highest BCUT2D eigenvalue weighted by Gasteiger charge is 2.11. The van der Waals surface area contributed by atoms with Crippen molar-refractivity contribution in [3.05, 3.63) is 64.0 Å². The van der Waals surface area contributed by atoms with Crippen molar-refractivity contribution in [1.29, 1.82) is 0 Å². The lowest BCUT2D eigenvalue weighted by atomic mass is 10.1. The molecule has 0 aliphatic carbocycles. The van der Waals surface area contributed by atoms with Gasteiger partial charge in [0.05, 0.1) is 12.2 Å². The van der Waals surface area contributed by atoms with Crippen LogP contribution in [0, 0.1) is 0 Å². The number of hydrogen-bond donors (Lipinski definition) is 1. The Bertz CT molecular complexity index is 611. The maximum absolute atomic E-state index is 5.83. The number of rotatable bonds is 3. The van der Waals surface area contributed by atoms with Crippen LogP contribution in [0.25, 0.3) is 6.08 Å². The van der Waals surface area contributed by atoms with E-state index in [2.05, 4.69) is 26.2 Å². The van der Waals surface area contributed by atoms with E-state index in [0.29, 0.717) is 6.61 Å². The molecule has 0 fully saturated rings. The van der Waals surface area contributed by atoms with Crippen molar-refractivity contribution in [3.63, 3.8) is 0 Å². The van der Waals surface area contributed by atoms with Gasteiger partial charge in [-0.1, -0.05) is 30.3 Å². The lowest BCUT2D eigenvalue weighted by molar-refractivity contribution is 0.302. The Morgan fingerprint density at radius 3 is 2.95 bits per heavy atom. The summed E-state index contributed by atoms with van der Waals surface area (Å²) >= 11 is 3.46. The zero-order chi connectivity index (χ0) is 13.1. The summed E-state index contributed by atoms with van der Waals surface area (Å²) in [5.74, 6) is 0.772.